The molecule has 2 rings (SSSR count). The molecule has 0 aromatic carbocycles. The number of alkyl halides is 3. The van der Waals surface area contributed by atoms with Gasteiger partial charge in [-0.15, -0.1) is 0 Å². The molecular weight excluding hydrogens is 235 g/mol. The van der Waals surface area contributed by atoms with Crippen LogP contribution in [0.1, 0.15) is 5.69 Å². The predicted octanol–water partition coefficient (Wildman–Crippen LogP) is 2.50. The molecule has 4 nitrogen and oxygen atoms in total. The Morgan fingerprint density at radius 3 is 2.53 bits per heavy atom. The lowest BCUT2D eigenvalue weighted by Gasteiger charge is -2.00. The Morgan fingerprint density at radius 2 is 2.06 bits per heavy atom. The number of nitrogens with zero attached hydrogens (tertiary/aromatic N) is 2. The van der Waals surface area contributed by atoms with Gasteiger partial charge in [-0.1, -0.05) is 0 Å². The van der Waals surface area contributed by atoms with Crippen molar-refractivity contribution < 1.29 is 17.9 Å². The van der Waals surface area contributed by atoms with E-state index in [1.165, 1.54) is 13.3 Å². The van der Waals surface area contributed by atoms with Crippen LogP contribution in [-0.4, -0.2) is 22.3 Å². The molecule has 2 heterocycles. The summed E-state index contributed by atoms with van der Waals surface area (Å²) in [6.07, 6.45) is -3.03. The second-order valence-corrected chi connectivity index (χ2v) is 3.25. The normalized spacial score (nSPS) is 11.5. The average molecular weight is 243 g/mol. The molecular formula is C10H8F3N3O. The van der Waals surface area contributed by atoms with E-state index in [-0.39, 0.29) is 5.69 Å². The summed E-state index contributed by atoms with van der Waals surface area (Å²) in [7, 11) is 1.46. The second-order valence-electron chi connectivity index (χ2n) is 3.25. The molecule has 17 heavy (non-hydrogen) atoms. The van der Waals surface area contributed by atoms with E-state index in [2.05, 4.69) is 10.1 Å². The van der Waals surface area contributed by atoms with Gasteiger partial charge in [0.15, 0.2) is 0 Å². The van der Waals surface area contributed by atoms with Crippen molar-refractivity contribution in [3.8, 4) is 17.1 Å². The first-order valence-corrected chi connectivity index (χ1v) is 4.64. The van der Waals surface area contributed by atoms with Gasteiger partial charge in [0.25, 0.3) is 0 Å². The van der Waals surface area contributed by atoms with Crippen molar-refractivity contribution in [2.24, 2.45) is 0 Å². The van der Waals surface area contributed by atoms with Crippen LogP contribution in [0.2, 0.25) is 0 Å². The topological polar surface area (TPSA) is 50.8 Å². The lowest BCUT2D eigenvalue weighted by molar-refractivity contribution is -0.141. The van der Waals surface area contributed by atoms with E-state index >= 15 is 0 Å². The molecule has 0 amide bonds. The van der Waals surface area contributed by atoms with Gasteiger partial charge in [-0.25, -0.2) is 4.98 Å². The number of hydrogen-bond donors (Lipinski definition) is 1. The van der Waals surface area contributed by atoms with E-state index < -0.39 is 11.9 Å². The largest absolute Gasteiger partial charge is 0.481 e. The zero-order chi connectivity index (χ0) is 12.5. The fraction of sp³-hybridized carbons (Fsp3) is 0.200. The Balaban J connectivity index is 2.30. The maximum Gasteiger partial charge on any atom is 0.432 e. The van der Waals surface area contributed by atoms with E-state index in [1.807, 2.05) is 5.10 Å². The third kappa shape index (κ3) is 2.38. The van der Waals surface area contributed by atoms with Crippen molar-refractivity contribution in [1.29, 1.82) is 0 Å². The highest BCUT2D eigenvalue weighted by molar-refractivity contribution is 5.58. The third-order valence-corrected chi connectivity index (χ3v) is 2.12. The number of nitrogens with one attached hydrogen (secondary N) is 1. The summed E-state index contributed by atoms with van der Waals surface area (Å²) in [5.41, 5.74) is -0.214. The summed E-state index contributed by atoms with van der Waals surface area (Å²) in [5.74, 6) is 0.389. The number of H-pyrrole nitrogens is 1. The maximum absolute atomic E-state index is 12.3. The van der Waals surface area contributed by atoms with Crippen LogP contribution in [0.25, 0.3) is 11.3 Å². The van der Waals surface area contributed by atoms with Gasteiger partial charge in [-0.3, -0.25) is 5.10 Å². The number of aromatic amines is 1. The van der Waals surface area contributed by atoms with Crippen LogP contribution < -0.4 is 4.74 Å². The quantitative estimate of drug-likeness (QED) is 0.881. The zero-order valence-corrected chi connectivity index (χ0v) is 8.75. The smallest absolute Gasteiger partial charge is 0.432 e. The molecule has 7 heteroatoms. The molecule has 0 fully saturated rings. The Hall–Kier alpha value is -2.05. The predicted molar refractivity (Wildman–Crippen MR) is 53.4 cm³/mol. The van der Waals surface area contributed by atoms with Crippen molar-refractivity contribution in [2.45, 2.75) is 6.18 Å². The molecule has 0 radical (unpaired) electrons. The summed E-state index contributed by atoms with van der Waals surface area (Å²) < 4.78 is 41.8. The van der Waals surface area contributed by atoms with Crippen LogP contribution in [0.4, 0.5) is 13.2 Å². The van der Waals surface area contributed by atoms with Gasteiger partial charge in [-0.05, 0) is 12.1 Å². The zero-order valence-electron chi connectivity index (χ0n) is 8.75. The van der Waals surface area contributed by atoms with Gasteiger partial charge >= 0.3 is 6.18 Å². The highest BCUT2D eigenvalue weighted by Crippen LogP contribution is 2.30. The molecule has 0 saturated carbocycles. The SMILES string of the molecule is COc1ccc(-c2cc(C(F)(F)F)[nH]n2)cn1. The summed E-state index contributed by atoms with van der Waals surface area (Å²) in [5, 5.41) is 5.52. The molecule has 0 saturated heterocycles. The Labute approximate surface area is 94.4 Å². The Kier molecular flexibility index (Phi) is 2.74. The summed E-state index contributed by atoms with van der Waals surface area (Å²) in [6, 6.07) is 4.07. The molecule has 0 aliphatic rings. The van der Waals surface area contributed by atoms with E-state index in [4.69, 9.17) is 4.74 Å². The van der Waals surface area contributed by atoms with Gasteiger partial charge in [0.05, 0.1) is 12.8 Å². The maximum atomic E-state index is 12.3. The van der Waals surface area contributed by atoms with Crippen molar-refractivity contribution >= 4 is 0 Å². The first-order valence-electron chi connectivity index (χ1n) is 4.64. The average Bonchev–Trinajstić information content (AvgIpc) is 2.78. The molecule has 2 aromatic rings. The molecule has 0 atom stereocenters. The molecule has 0 aliphatic carbocycles. The van der Waals surface area contributed by atoms with Crippen LogP contribution in [0.3, 0.4) is 0 Å². The van der Waals surface area contributed by atoms with Crippen molar-refractivity contribution in [1.82, 2.24) is 15.2 Å². The molecule has 2 aromatic heterocycles. The first-order chi connectivity index (χ1) is 8.00. The highest BCUT2D eigenvalue weighted by Gasteiger charge is 2.33. The van der Waals surface area contributed by atoms with Crippen molar-refractivity contribution in [3.63, 3.8) is 0 Å². The Morgan fingerprint density at radius 1 is 1.29 bits per heavy atom. The number of hydrogen-bond acceptors (Lipinski definition) is 3. The number of rotatable bonds is 2. The third-order valence-electron chi connectivity index (χ3n) is 2.12. The monoisotopic (exact) mass is 243 g/mol. The number of methoxy groups -OCH3 is 1. The van der Waals surface area contributed by atoms with Crippen LogP contribution in [0.15, 0.2) is 24.4 Å². The van der Waals surface area contributed by atoms with E-state index in [0.717, 1.165) is 6.07 Å². The summed E-state index contributed by atoms with van der Waals surface area (Å²) in [6.45, 7) is 0. The summed E-state index contributed by atoms with van der Waals surface area (Å²) in [4.78, 5) is 3.89. The highest BCUT2D eigenvalue weighted by atomic mass is 19.4. The van der Waals surface area contributed by atoms with Gasteiger partial charge in [-0.2, -0.15) is 18.3 Å². The van der Waals surface area contributed by atoms with Gasteiger partial charge in [0, 0.05) is 17.8 Å². The Bertz CT molecular complexity index is 504. The van der Waals surface area contributed by atoms with Crippen LogP contribution in [-0.2, 0) is 6.18 Å². The second kappa shape index (κ2) is 4.08. The van der Waals surface area contributed by atoms with Crippen LogP contribution in [0, 0.1) is 0 Å². The van der Waals surface area contributed by atoms with Gasteiger partial charge < -0.3 is 4.74 Å². The molecule has 1 N–H and O–H groups in total. The molecule has 0 unspecified atom stereocenters. The van der Waals surface area contributed by atoms with Crippen molar-refractivity contribution in [3.05, 3.63) is 30.1 Å². The minimum atomic E-state index is -4.43. The molecule has 0 aliphatic heterocycles. The minimum absolute atomic E-state index is 0.187. The fourth-order valence-electron chi connectivity index (χ4n) is 1.27. The number of aromatic nitrogens is 3. The molecule has 0 spiro atoms. The van der Waals surface area contributed by atoms with E-state index in [0.29, 0.717) is 11.4 Å². The standard InChI is InChI=1S/C10H8F3N3O/c1-17-9-3-2-6(5-14-9)7-4-8(16-15-7)10(11,12)13/h2-5H,1H3,(H,15,16). The molecule has 90 valence electrons. The minimum Gasteiger partial charge on any atom is -0.481 e. The van der Waals surface area contributed by atoms with Gasteiger partial charge in [0.2, 0.25) is 5.88 Å². The lowest BCUT2D eigenvalue weighted by Crippen LogP contribution is -2.04. The number of halogens is 3. The number of pyridine rings is 1. The van der Waals surface area contributed by atoms with Crippen LogP contribution >= 0.6 is 0 Å². The lowest BCUT2D eigenvalue weighted by atomic mass is 10.2. The first kappa shape index (κ1) is 11.4. The van der Waals surface area contributed by atoms with Crippen LogP contribution in [0.5, 0.6) is 5.88 Å². The fourth-order valence-corrected chi connectivity index (χ4v) is 1.27. The van der Waals surface area contributed by atoms with E-state index in [9.17, 15) is 13.2 Å². The van der Waals surface area contributed by atoms with Gasteiger partial charge in [0.1, 0.15) is 5.69 Å². The molecule has 0 bridgehead atoms. The number of ether oxygens (including phenoxy) is 1. The van der Waals surface area contributed by atoms with Crippen molar-refractivity contribution in [2.75, 3.05) is 7.11 Å². The summed E-state index contributed by atoms with van der Waals surface area (Å²) >= 11 is 0. The van der Waals surface area contributed by atoms with E-state index in [1.54, 1.807) is 12.1 Å².